The molecule has 22 heavy (non-hydrogen) atoms. The summed E-state index contributed by atoms with van der Waals surface area (Å²) < 4.78 is 18.4. The highest BCUT2D eigenvalue weighted by Crippen LogP contribution is 2.19. The molecule has 6 heteroatoms. The highest BCUT2D eigenvalue weighted by molar-refractivity contribution is 5.98. The second-order valence-corrected chi connectivity index (χ2v) is 5.41. The summed E-state index contributed by atoms with van der Waals surface area (Å²) in [5.74, 6) is -0.744. The molecule has 1 N–H and O–H groups in total. The zero-order chi connectivity index (χ0) is 16.1. The predicted octanol–water partition coefficient (Wildman–Crippen LogP) is 1.62. The van der Waals surface area contributed by atoms with E-state index in [0.29, 0.717) is 6.54 Å². The fourth-order valence-corrected chi connectivity index (χ4v) is 2.56. The lowest BCUT2D eigenvalue weighted by atomic mass is 10.1. The number of benzene rings is 1. The number of piperazine rings is 1. The summed E-state index contributed by atoms with van der Waals surface area (Å²) in [5.41, 5.74) is 0.263. The highest BCUT2D eigenvalue weighted by atomic mass is 19.1. The van der Waals surface area contributed by atoms with E-state index in [-0.39, 0.29) is 41.9 Å². The normalized spacial score (nSPS) is 18.1. The smallest absolute Gasteiger partial charge is 0.223 e. The maximum atomic E-state index is 13.6. The number of carbonyl (C=O) groups is 2. The number of nitrogens with one attached hydrogen (secondary N) is 1. The molecular weight excluding hydrogens is 287 g/mol. The molecule has 120 valence electrons. The number of Topliss-reactive ketones (excluding diaryl/α,β-unsaturated/α-hetero) is 1. The van der Waals surface area contributed by atoms with E-state index < -0.39 is 5.82 Å². The molecular formula is C16H21FN2O3. The number of nitrogens with zero attached hydrogens (tertiary/aromatic N) is 1. The Bertz CT molecular complexity index is 562. The van der Waals surface area contributed by atoms with Crippen LogP contribution in [0.4, 0.5) is 4.39 Å². The lowest BCUT2D eigenvalue weighted by Crippen LogP contribution is -2.52. The zero-order valence-electron chi connectivity index (χ0n) is 12.9. The topological polar surface area (TPSA) is 58.6 Å². The molecule has 0 bridgehead atoms. The van der Waals surface area contributed by atoms with E-state index in [1.165, 1.54) is 19.2 Å². The molecule has 0 saturated carbocycles. The number of methoxy groups -OCH3 is 1. The minimum atomic E-state index is -0.574. The Hall–Kier alpha value is -1.95. The van der Waals surface area contributed by atoms with Crippen molar-refractivity contribution in [3.63, 3.8) is 0 Å². The Morgan fingerprint density at radius 3 is 2.82 bits per heavy atom. The lowest BCUT2D eigenvalue weighted by molar-refractivity contribution is -0.133. The lowest BCUT2D eigenvalue weighted by Gasteiger charge is -2.34. The minimum Gasteiger partial charge on any atom is -0.494 e. The monoisotopic (exact) mass is 308 g/mol. The van der Waals surface area contributed by atoms with Gasteiger partial charge in [0.25, 0.3) is 0 Å². The molecule has 5 nitrogen and oxygen atoms in total. The molecule has 0 spiro atoms. The van der Waals surface area contributed by atoms with E-state index in [4.69, 9.17) is 4.74 Å². The summed E-state index contributed by atoms with van der Waals surface area (Å²) >= 11 is 0. The van der Waals surface area contributed by atoms with Crippen molar-refractivity contribution < 1.29 is 18.7 Å². The van der Waals surface area contributed by atoms with E-state index in [1.54, 1.807) is 4.90 Å². The third-order valence-electron chi connectivity index (χ3n) is 3.86. The van der Waals surface area contributed by atoms with Crippen molar-refractivity contribution in [1.82, 2.24) is 10.2 Å². The van der Waals surface area contributed by atoms with Gasteiger partial charge < -0.3 is 15.0 Å². The predicted molar refractivity (Wildman–Crippen MR) is 80.6 cm³/mol. The van der Waals surface area contributed by atoms with Crippen LogP contribution in [0, 0.1) is 5.82 Å². The number of ether oxygens (including phenoxy) is 1. The summed E-state index contributed by atoms with van der Waals surface area (Å²) in [6.45, 7) is 4.17. The number of carbonyl (C=O) groups excluding carboxylic acids is 2. The van der Waals surface area contributed by atoms with E-state index >= 15 is 0 Å². The average molecular weight is 308 g/mol. The molecule has 1 fully saturated rings. The van der Waals surface area contributed by atoms with Gasteiger partial charge >= 0.3 is 0 Å². The second-order valence-electron chi connectivity index (χ2n) is 5.41. The first-order chi connectivity index (χ1) is 10.5. The molecule has 1 saturated heterocycles. The van der Waals surface area contributed by atoms with Gasteiger partial charge in [-0.05, 0) is 25.1 Å². The van der Waals surface area contributed by atoms with Gasteiger partial charge in [0.1, 0.15) is 0 Å². The van der Waals surface area contributed by atoms with Crippen LogP contribution < -0.4 is 10.1 Å². The third kappa shape index (κ3) is 3.82. The first kappa shape index (κ1) is 16.4. The molecule has 1 aromatic rings. The van der Waals surface area contributed by atoms with Gasteiger partial charge in [0, 0.05) is 44.1 Å². The minimum absolute atomic E-state index is 0.0312. The number of amides is 1. The van der Waals surface area contributed by atoms with Crippen LogP contribution in [0.3, 0.4) is 0 Å². The van der Waals surface area contributed by atoms with E-state index in [2.05, 4.69) is 5.32 Å². The number of halogens is 1. The third-order valence-corrected chi connectivity index (χ3v) is 3.86. The van der Waals surface area contributed by atoms with Gasteiger partial charge in [0.2, 0.25) is 5.91 Å². The maximum absolute atomic E-state index is 13.6. The SMILES string of the molecule is COc1ccc(C(=O)CCC(=O)N2CCNC[C@@H]2C)cc1F. The van der Waals surface area contributed by atoms with E-state index in [1.807, 2.05) is 6.92 Å². The Morgan fingerprint density at radius 2 is 2.18 bits per heavy atom. The quantitative estimate of drug-likeness (QED) is 0.840. The van der Waals surface area contributed by atoms with E-state index in [0.717, 1.165) is 19.2 Å². The number of hydrogen-bond acceptors (Lipinski definition) is 4. The molecule has 1 atom stereocenters. The van der Waals surface area contributed by atoms with Crippen LogP contribution in [0.15, 0.2) is 18.2 Å². The first-order valence-corrected chi connectivity index (χ1v) is 7.40. The van der Waals surface area contributed by atoms with Gasteiger partial charge in [-0.3, -0.25) is 9.59 Å². The first-order valence-electron chi connectivity index (χ1n) is 7.40. The van der Waals surface area contributed by atoms with Crippen molar-refractivity contribution >= 4 is 11.7 Å². The van der Waals surface area contributed by atoms with E-state index in [9.17, 15) is 14.0 Å². The highest BCUT2D eigenvalue weighted by Gasteiger charge is 2.23. The fourth-order valence-electron chi connectivity index (χ4n) is 2.56. The maximum Gasteiger partial charge on any atom is 0.223 e. The van der Waals surface area contributed by atoms with Gasteiger partial charge in [-0.25, -0.2) is 4.39 Å². The van der Waals surface area contributed by atoms with Crippen molar-refractivity contribution in [2.75, 3.05) is 26.7 Å². The molecule has 1 aromatic carbocycles. The Balaban J connectivity index is 1.92. The van der Waals surface area contributed by atoms with Crippen molar-refractivity contribution in [2.45, 2.75) is 25.8 Å². The van der Waals surface area contributed by atoms with Crippen LogP contribution in [0.25, 0.3) is 0 Å². The Kier molecular flexibility index (Phi) is 5.49. The summed E-state index contributed by atoms with van der Waals surface area (Å²) in [5, 5.41) is 3.21. The van der Waals surface area contributed by atoms with Crippen LogP contribution >= 0.6 is 0 Å². The number of hydrogen-bond donors (Lipinski definition) is 1. The zero-order valence-corrected chi connectivity index (χ0v) is 12.9. The largest absolute Gasteiger partial charge is 0.494 e. The van der Waals surface area contributed by atoms with Crippen LogP contribution in [0.5, 0.6) is 5.75 Å². The van der Waals surface area contributed by atoms with Crippen molar-refractivity contribution in [1.29, 1.82) is 0 Å². The molecule has 0 unspecified atom stereocenters. The van der Waals surface area contributed by atoms with Crippen LogP contribution in [0.2, 0.25) is 0 Å². The summed E-state index contributed by atoms with van der Waals surface area (Å²) in [6, 6.07) is 4.22. The van der Waals surface area contributed by atoms with Crippen molar-refractivity contribution in [2.24, 2.45) is 0 Å². The molecule has 1 amide bonds. The van der Waals surface area contributed by atoms with Crippen LogP contribution in [-0.4, -0.2) is 49.4 Å². The summed E-state index contributed by atoms with van der Waals surface area (Å²) in [6.07, 6.45) is 0.234. The summed E-state index contributed by atoms with van der Waals surface area (Å²) in [7, 11) is 1.37. The van der Waals surface area contributed by atoms with Crippen LogP contribution in [0.1, 0.15) is 30.1 Å². The summed E-state index contributed by atoms with van der Waals surface area (Å²) in [4.78, 5) is 26.0. The van der Waals surface area contributed by atoms with Crippen LogP contribution in [-0.2, 0) is 4.79 Å². The molecule has 0 aromatic heterocycles. The Labute approximate surface area is 129 Å². The van der Waals surface area contributed by atoms with Gasteiger partial charge in [0.15, 0.2) is 17.3 Å². The van der Waals surface area contributed by atoms with Gasteiger partial charge in [-0.1, -0.05) is 0 Å². The molecule has 2 rings (SSSR count). The van der Waals surface area contributed by atoms with Gasteiger partial charge in [-0.15, -0.1) is 0 Å². The van der Waals surface area contributed by atoms with Crippen molar-refractivity contribution in [3.05, 3.63) is 29.6 Å². The molecule has 1 heterocycles. The molecule has 1 aliphatic rings. The Morgan fingerprint density at radius 1 is 1.41 bits per heavy atom. The fraction of sp³-hybridized carbons (Fsp3) is 0.500. The average Bonchev–Trinajstić information content (AvgIpc) is 2.52. The standard InChI is InChI=1S/C16H21FN2O3/c1-11-10-18-7-8-19(11)16(21)6-4-14(20)12-3-5-15(22-2)13(17)9-12/h3,5,9,11,18H,4,6-8,10H2,1-2H3/t11-/m0/s1. The number of ketones is 1. The molecule has 0 aliphatic carbocycles. The van der Waals surface area contributed by atoms with Crippen molar-refractivity contribution in [3.8, 4) is 5.75 Å². The molecule has 1 aliphatic heterocycles. The molecule has 0 radical (unpaired) electrons. The number of rotatable bonds is 5. The second kappa shape index (κ2) is 7.35. The van der Waals surface area contributed by atoms with Gasteiger partial charge in [-0.2, -0.15) is 0 Å². The van der Waals surface area contributed by atoms with Gasteiger partial charge in [0.05, 0.1) is 7.11 Å².